The van der Waals surface area contributed by atoms with Gasteiger partial charge in [0.1, 0.15) is 5.56 Å². The molecule has 0 spiro atoms. The maximum absolute atomic E-state index is 12.2. The molecule has 20 heavy (non-hydrogen) atoms. The summed E-state index contributed by atoms with van der Waals surface area (Å²) < 4.78 is 31.7. The molecule has 1 aromatic rings. The van der Waals surface area contributed by atoms with Crippen molar-refractivity contribution >= 4 is 16.0 Å². The van der Waals surface area contributed by atoms with Crippen molar-refractivity contribution < 1.29 is 17.9 Å². The number of aromatic amines is 1. The molecule has 0 saturated carbocycles. The molecule has 1 rings (SSSR count). The van der Waals surface area contributed by atoms with Gasteiger partial charge in [-0.25, -0.2) is 17.9 Å². The molecule has 0 aliphatic heterocycles. The number of hydrogen-bond donors (Lipinski definition) is 2. The van der Waals surface area contributed by atoms with Gasteiger partial charge >= 0.3 is 5.97 Å². The van der Waals surface area contributed by atoms with Crippen LogP contribution in [-0.2, 0) is 14.8 Å². The van der Waals surface area contributed by atoms with E-state index < -0.39 is 16.0 Å². The number of hydrogen-bond acceptors (Lipinski definition) is 5. The molecule has 0 aromatic carbocycles. The number of ether oxygens (including phenoxy) is 1. The molecule has 1 heterocycles. The van der Waals surface area contributed by atoms with Gasteiger partial charge in [0, 0.05) is 6.04 Å². The maximum atomic E-state index is 12.2. The highest BCUT2D eigenvalue weighted by molar-refractivity contribution is 7.89. The highest BCUT2D eigenvalue weighted by Crippen LogP contribution is 2.14. The van der Waals surface area contributed by atoms with E-state index in [1.807, 2.05) is 6.92 Å². The standard InChI is InChI=1S/C12H21N3O4S/c1-4-6-7-9(3)15-20(17,18)11-10(8-13-14-11)12(16)19-5-2/h8-9,15H,4-7H2,1-3H3,(H,13,14). The smallest absolute Gasteiger partial charge is 0.342 e. The Bertz CT molecular complexity index is 539. The molecule has 0 aliphatic rings. The second kappa shape index (κ2) is 7.39. The van der Waals surface area contributed by atoms with Gasteiger partial charge in [0.2, 0.25) is 0 Å². The van der Waals surface area contributed by atoms with Crippen LogP contribution in [0.15, 0.2) is 11.2 Å². The summed E-state index contributed by atoms with van der Waals surface area (Å²) in [6.45, 7) is 5.64. The van der Waals surface area contributed by atoms with Crippen molar-refractivity contribution in [1.82, 2.24) is 14.9 Å². The Morgan fingerprint density at radius 1 is 1.50 bits per heavy atom. The quantitative estimate of drug-likeness (QED) is 0.708. The van der Waals surface area contributed by atoms with Crippen LogP contribution in [0.1, 0.15) is 50.4 Å². The predicted octanol–water partition coefficient (Wildman–Crippen LogP) is 1.44. The molecule has 0 amide bonds. The first-order valence-electron chi connectivity index (χ1n) is 6.65. The molecule has 0 aliphatic carbocycles. The van der Waals surface area contributed by atoms with E-state index in [0.717, 1.165) is 25.5 Å². The Balaban J connectivity index is 2.88. The van der Waals surface area contributed by atoms with Crippen LogP contribution in [0.5, 0.6) is 0 Å². The van der Waals surface area contributed by atoms with Crippen LogP contribution in [0.3, 0.4) is 0 Å². The average molecular weight is 303 g/mol. The predicted molar refractivity (Wildman–Crippen MR) is 73.9 cm³/mol. The Hall–Kier alpha value is -1.41. The minimum Gasteiger partial charge on any atom is -0.462 e. The molecule has 1 atom stereocenters. The normalized spacial score (nSPS) is 13.2. The van der Waals surface area contributed by atoms with Crippen LogP contribution >= 0.6 is 0 Å². The highest BCUT2D eigenvalue weighted by Gasteiger charge is 2.26. The lowest BCUT2D eigenvalue weighted by Crippen LogP contribution is -2.33. The van der Waals surface area contributed by atoms with E-state index >= 15 is 0 Å². The third kappa shape index (κ3) is 4.31. The van der Waals surface area contributed by atoms with E-state index in [1.165, 1.54) is 0 Å². The first-order chi connectivity index (χ1) is 9.42. The fourth-order valence-electron chi connectivity index (χ4n) is 1.73. The van der Waals surface area contributed by atoms with Gasteiger partial charge in [-0.2, -0.15) is 5.10 Å². The van der Waals surface area contributed by atoms with Gasteiger partial charge in [-0.05, 0) is 20.3 Å². The van der Waals surface area contributed by atoms with Gasteiger partial charge in [-0.3, -0.25) is 5.10 Å². The first-order valence-corrected chi connectivity index (χ1v) is 8.13. The van der Waals surface area contributed by atoms with Crippen molar-refractivity contribution in [2.24, 2.45) is 0 Å². The van der Waals surface area contributed by atoms with Crippen LogP contribution in [0.25, 0.3) is 0 Å². The monoisotopic (exact) mass is 303 g/mol. The van der Waals surface area contributed by atoms with Crippen LogP contribution in [0.2, 0.25) is 0 Å². The number of H-pyrrole nitrogens is 1. The van der Waals surface area contributed by atoms with E-state index in [9.17, 15) is 13.2 Å². The summed E-state index contributed by atoms with van der Waals surface area (Å²) in [6, 6.07) is -0.210. The number of carbonyl (C=O) groups is 1. The van der Waals surface area contributed by atoms with Crippen molar-refractivity contribution in [2.45, 2.75) is 51.1 Å². The summed E-state index contributed by atoms with van der Waals surface area (Å²) in [5.74, 6) is -0.706. The zero-order valence-electron chi connectivity index (χ0n) is 12.0. The maximum Gasteiger partial charge on any atom is 0.342 e. The summed E-state index contributed by atoms with van der Waals surface area (Å²) in [4.78, 5) is 11.7. The van der Waals surface area contributed by atoms with Crippen molar-refractivity contribution in [1.29, 1.82) is 0 Å². The zero-order chi connectivity index (χ0) is 15.2. The fraction of sp³-hybridized carbons (Fsp3) is 0.667. The van der Waals surface area contributed by atoms with Gasteiger partial charge in [-0.15, -0.1) is 0 Å². The topological polar surface area (TPSA) is 101 Å². The lowest BCUT2D eigenvalue weighted by Gasteiger charge is -2.13. The van der Waals surface area contributed by atoms with Gasteiger partial charge in [0.25, 0.3) is 10.0 Å². The summed E-state index contributed by atoms with van der Waals surface area (Å²) in [6.07, 6.45) is 3.81. The average Bonchev–Trinajstić information content (AvgIpc) is 2.86. The van der Waals surface area contributed by atoms with Gasteiger partial charge in [-0.1, -0.05) is 19.8 Å². The third-order valence-corrected chi connectivity index (χ3v) is 4.28. The Morgan fingerprint density at radius 3 is 2.80 bits per heavy atom. The number of carbonyl (C=O) groups excluding carboxylic acids is 1. The molecule has 114 valence electrons. The Morgan fingerprint density at radius 2 is 2.20 bits per heavy atom. The molecule has 7 nitrogen and oxygen atoms in total. The molecule has 2 N–H and O–H groups in total. The first kappa shape index (κ1) is 16.6. The molecule has 0 bridgehead atoms. The minimum absolute atomic E-state index is 0.0814. The molecule has 8 heteroatoms. The lowest BCUT2D eigenvalue weighted by molar-refractivity contribution is 0.0522. The van der Waals surface area contributed by atoms with Crippen LogP contribution < -0.4 is 4.72 Å². The summed E-state index contributed by atoms with van der Waals surface area (Å²) >= 11 is 0. The number of unbranched alkanes of at least 4 members (excludes halogenated alkanes) is 1. The third-order valence-electron chi connectivity index (χ3n) is 2.72. The van der Waals surface area contributed by atoms with Crippen molar-refractivity contribution in [3.8, 4) is 0 Å². The highest BCUT2D eigenvalue weighted by atomic mass is 32.2. The molecule has 1 aromatic heterocycles. The molecular weight excluding hydrogens is 282 g/mol. The van der Waals surface area contributed by atoms with Crippen molar-refractivity contribution in [2.75, 3.05) is 6.61 Å². The molecule has 1 unspecified atom stereocenters. The van der Waals surface area contributed by atoms with Crippen LogP contribution in [0, 0.1) is 0 Å². The van der Waals surface area contributed by atoms with E-state index in [2.05, 4.69) is 14.9 Å². The largest absolute Gasteiger partial charge is 0.462 e. The zero-order valence-corrected chi connectivity index (χ0v) is 12.8. The van der Waals surface area contributed by atoms with E-state index in [1.54, 1.807) is 13.8 Å². The SMILES string of the molecule is CCCCC(C)NS(=O)(=O)c1[nH]ncc1C(=O)OCC. The minimum atomic E-state index is -3.81. The molecular formula is C12H21N3O4S. The number of nitrogens with one attached hydrogen (secondary N) is 2. The van der Waals surface area contributed by atoms with E-state index in [-0.39, 0.29) is 23.2 Å². The van der Waals surface area contributed by atoms with Gasteiger partial charge < -0.3 is 4.74 Å². The Labute approximate surface area is 119 Å². The lowest BCUT2D eigenvalue weighted by atomic mass is 10.2. The van der Waals surface area contributed by atoms with Gasteiger partial charge in [0.05, 0.1) is 12.8 Å². The fourth-order valence-corrected chi connectivity index (χ4v) is 3.09. The summed E-state index contributed by atoms with van der Waals surface area (Å²) in [5.41, 5.74) is -0.0814. The van der Waals surface area contributed by atoms with E-state index in [0.29, 0.717) is 0 Å². The number of nitrogens with zero attached hydrogens (tertiary/aromatic N) is 1. The second-order valence-electron chi connectivity index (χ2n) is 4.50. The summed E-state index contributed by atoms with van der Waals surface area (Å²) in [7, 11) is -3.81. The number of rotatable bonds is 8. The molecule has 0 saturated heterocycles. The van der Waals surface area contributed by atoms with Gasteiger partial charge in [0.15, 0.2) is 5.03 Å². The van der Waals surface area contributed by atoms with Crippen LogP contribution in [-0.4, -0.2) is 37.2 Å². The number of esters is 1. The van der Waals surface area contributed by atoms with Crippen molar-refractivity contribution in [3.63, 3.8) is 0 Å². The summed E-state index contributed by atoms with van der Waals surface area (Å²) in [5, 5.41) is 5.71. The van der Waals surface area contributed by atoms with Crippen LogP contribution in [0.4, 0.5) is 0 Å². The van der Waals surface area contributed by atoms with Crippen molar-refractivity contribution in [3.05, 3.63) is 11.8 Å². The molecule has 0 radical (unpaired) electrons. The molecule has 0 fully saturated rings. The van der Waals surface area contributed by atoms with E-state index in [4.69, 9.17) is 4.74 Å². The Kier molecular flexibility index (Phi) is 6.15. The number of aromatic nitrogens is 2. The number of sulfonamides is 1. The second-order valence-corrected chi connectivity index (χ2v) is 6.15.